The third-order valence-corrected chi connectivity index (χ3v) is 6.97. The Morgan fingerprint density at radius 3 is 1.48 bits per heavy atom. The molecule has 12 heteroatoms. The van der Waals surface area contributed by atoms with Gasteiger partial charge in [0.05, 0.1) is 36.1 Å². The molecule has 0 amide bonds. The van der Waals surface area contributed by atoms with Crippen molar-refractivity contribution in [1.29, 1.82) is 0 Å². The minimum atomic E-state index is -1.48. The van der Waals surface area contributed by atoms with Crippen molar-refractivity contribution >= 4 is 29.1 Å². The third-order valence-electron chi connectivity index (χ3n) is 6.97. The van der Waals surface area contributed by atoms with Gasteiger partial charge in [0.25, 0.3) is 11.4 Å². The number of Topliss-reactive ketones (excluding diaryl/α,β-unsaturated/α-hetero) is 1. The Morgan fingerprint density at radius 2 is 1.12 bits per heavy atom. The van der Waals surface area contributed by atoms with E-state index in [0.29, 0.717) is 11.1 Å². The molecule has 1 heterocycles. The predicted molar refractivity (Wildman–Crippen MR) is 140 cm³/mol. The number of non-ortho nitro benzene ring substituents is 2. The van der Waals surface area contributed by atoms with Gasteiger partial charge in [0, 0.05) is 30.8 Å². The lowest BCUT2D eigenvalue weighted by Gasteiger charge is -2.47. The third kappa shape index (κ3) is 5.43. The van der Waals surface area contributed by atoms with Gasteiger partial charge in [0.1, 0.15) is 11.8 Å². The number of nitro benzene ring substituents is 2. The summed E-state index contributed by atoms with van der Waals surface area (Å²) in [6.07, 6.45) is 0. The monoisotopic (exact) mass is 547 g/mol. The normalized spacial score (nSPS) is 20.9. The highest BCUT2D eigenvalue weighted by molar-refractivity contribution is 6.10. The number of nitro groups is 2. The summed E-state index contributed by atoms with van der Waals surface area (Å²) in [5.41, 5.74) is 1.22. The second-order valence-corrected chi connectivity index (χ2v) is 9.15. The fourth-order valence-electron chi connectivity index (χ4n) is 5.15. The van der Waals surface area contributed by atoms with Gasteiger partial charge < -0.3 is 9.47 Å². The maximum absolute atomic E-state index is 14.0. The molecule has 2 unspecified atom stereocenters. The molecule has 40 heavy (non-hydrogen) atoms. The van der Waals surface area contributed by atoms with Crippen molar-refractivity contribution < 1.29 is 33.7 Å². The Bertz CT molecular complexity index is 1340. The van der Waals surface area contributed by atoms with Crippen molar-refractivity contribution in [3.63, 3.8) is 0 Å². The number of carbonyl (C=O) groups excluding carboxylic acids is 3. The second kappa shape index (κ2) is 11.8. The lowest BCUT2D eigenvalue weighted by atomic mass is 9.72. The topological polar surface area (TPSA) is 159 Å². The SMILES string of the molecule is COC(=O)C1C(=O)C(C(=O)OC)[C@H](c2ccc([N+](=O)[O-])cc2)N(Cc2ccccc2)[C@@H]1c1ccc([N+](=O)[O-])cc1. The Balaban J connectivity index is 1.98. The minimum Gasteiger partial charge on any atom is -0.468 e. The zero-order valence-corrected chi connectivity index (χ0v) is 21.5. The fraction of sp³-hybridized carbons (Fsp3) is 0.250. The minimum absolute atomic E-state index is 0.137. The Labute approximate surface area is 228 Å². The number of hydrogen-bond donors (Lipinski definition) is 0. The van der Waals surface area contributed by atoms with Crippen LogP contribution in [0.15, 0.2) is 78.9 Å². The van der Waals surface area contributed by atoms with Crippen molar-refractivity contribution in [3.05, 3.63) is 116 Å². The van der Waals surface area contributed by atoms with Crippen molar-refractivity contribution in [3.8, 4) is 0 Å². The van der Waals surface area contributed by atoms with E-state index in [1.807, 2.05) is 30.3 Å². The van der Waals surface area contributed by atoms with Crippen LogP contribution >= 0.6 is 0 Å². The predicted octanol–water partition coefficient (Wildman–Crippen LogP) is 3.95. The highest BCUT2D eigenvalue weighted by Crippen LogP contribution is 2.48. The smallest absolute Gasteiger partial charge is 0.318 e. The summed E-state index contributed by atoms with van der Waals surface area (Å²) >= 11 is 0. The van der Waals surface area contributed by atoms with Crippen molar-refractivity contribution in [2.45, 2.75) is 18.6 Å². The molecule has 4 atom stereocenters. The van der Waals surface area contributed by atoms with Gasteiger partial charge in [0.2, 0.25) is 0 Å². The van der Waals surface area contributed by atoms with Crippen LogP contribution < -0.4 is 0 Å². The number of rotatable bonds is 8. The van der Waals surface area contributed by atoms with Crippen LogP contribution in [-0.4, -0.2) is 46.7 Å². The summed E-state index contributed by atoms with van der Waals surface area (Å²) in [6, 6.07) is 17.9. The number of nitrogens with zero attached hydrogens (tertiary/aromatic N) is 3. The molecule has 0 radical (unpaired) electrons. The van der Waals surface area contributed by atoms with Gasteiger partial charge in [-0.05, 0) is 16.7 Å². The van der Waals surface area contributed by atoms with Crippen LogP contribution in [0.5, 0.6) is 0 Å². The molecule has 12 nitrogen and oxygen atoms in total. The van der Waals surface area contributed by atoms with Gasteiger partial charge in [-0.2, -0.15) is 0 Å². The summed E-state index contributed by atoms with van der Waals surface area (Å²) in [7, 11) is 2.25. The van der Waals surface area contributed by atoms with Crippen molar-refractivity contribution in [2.24, 2.45) is 11.8 Å². The van der Waals surface area contributed by atoms with E-state index in [-0.39, 0.29) is 17.9 Å². The van der Waals surface area contributed by atoms with Gasteiger partial charge >= 0.3 is 11.9 Å². The van der Waals surface area contributed by atoms with Gasteiger partial charge in [-0.25, -0.2) is 0 Å². The number of benzene rings is 3. The molecule has 3 aromatic carbocycles. The number of methoxy groups -OCH3 is 2. The lowest BCUT2D eigenvalue weighted by molar-refractivity contribution is -0.385. The summed E-state index contributed by atoms with van der Waals surface area (Å²) < 4.78 is 9.99. The molecule has 0 saturated carbocycles. The van der Waals surface area contributed by atoms with E-state index in [9.17, 15) is 34.6 Å². The van der Waals surface area contributed by atoms with E-state index in [0.717, 1.165) is 19.8 Å². The Hall–Kier alpha value is -4.97. The summed E-state index contributed by atoms with van der Waals surface area (Å²) in [4.78, 5) is 63.5. The molecule has 0 aromatic heterocycles. The largest absolute Gasteiger partial charge is 0.468 e. The molecule has 1 fully saturated rings. The maximum atomic E-state index is 14.0. The molecule has 0 bridgehead atoms. The summed E-state index contributed by atoms with van der Waals surface area (Å²) in [5.74, 6) is -5.48. The van der Waals surface area contributed by atoms with E-state index in [2.05, 4.69) is 0 Å². The van der Waals surface area contributed by atoms with E-state index >= 15 is 0 Å². The first-order chi connectivity index (χ1) is 19.2. The number of piperidine rings is 1. The molecule has 0 aliphatic carbocycles. The van der Waals surface area contributed by atoms with E-state index in [1.165, 1.54) is 48.5 Å². The zero-order valence-electron chi connectivity index (χ0n) is 21.5. The van der Waals surface area contributed by atoms with E-state index < -0.39 is 51.5 Å². The zero-order chi connectivity index (χ0) is 29.0. The van der Waals surface area contributed by atoms with Crippen LogP contribution in [0.4, 0.5) is 11.4 Å². The van der Waals surface area contributed by atoms with Gasteiger partial charge in [-0.15, -0.1) is 0 Å². The number of ether oxygens (including phenoxy) is 2. The number of esters is 2. The van der Waals surface area contributed by atoms with Crippen molar-refractivity contribution in [2.75, 3.05) is 14.2 Å². The van der Waals surface area contributed by atoms with Crippen LogP contribution in [0, 0.1) is 32.1 Å². The van der Waals surface area contributed by atoms with Gasteiger partial charge in [0.15, 0.2) is 5.78 Å². The number of hydrogen-bond acceptors (Lipinski definition) is 10. The van der Waals surface area contributed by atoms with E-state index in [1.54, 1.807) is 4.90 Å². The van der Waals surface area contributed by atoms with Gasteiger partial charge in [-0.3, -0.25) is 39.5 Å². The second-order valence-electron chi connectivity index (χ2n) is 9.15. The first-order valence-corrected chi connectivity index (χ1v) is 12.2. The van der Waals surface area contributed by atoms with Gasteiger partial charge in [-0.1, -0.05) is 54.6 Å². The maximum Gasteiger partial charge on any atom is 0.318 e. The molecule has 1 aliphatic rings. The average Bonchev–Trinajstić information content (AvgIpc) is 2.97. The van der Waals surface area contributed by atoms with Crippen molar-refractivity contribution in [1.82, 2.24) is 4.90 Å². The first-order valence-electron chi connectivity index (χ1n) is 12.2. The molecule has 4 rings (SSSR count). The molecule has 1 saturated heterocycles. The number of likely N-dealkylation sites (tertiary alicyclic amines) is 1. The standard InChI is InChI=1S/C28H25N3O9/c1-39-27(33)22-24(18-8-12-20(13-9-18)30(35)36)29(16-17-6-4-3-5-7-17)25(23(26(22)32)28(34)40-2)19-10-14-21(15-11-19)31(37)38/h3-15,22-25H,16H2,1-2H3/t22?,23?,24-,25+. The summed E-state index contributed by atoms with van der Waals surface area (Å²) in [5, 5.41) is 22.6. The fourth-order valence-corrected chi connectivity index (χ4v) is 5.15. The Morgan fingerprint density at radius 1 is 0.725 bits per heavy atom. The molecule has 3 aromatic rings. The quantitative estimate of drug-likeness (QED) is 0.175. The van der Waals surface area contributed by atoms with Crippen LogP contribution in [-0.2, 0) is 30.4 Å². The first kappa shape index (κ1) is 28.0. The molecule has 0 spiro atoms. The van der Waals surface area contributed by atoms with Crippen LogP contribution in [0.3, 0.4) is 0 Å². The molecular weight excluding hydrogens is 522 g/mol. The molecule has 1 aliphatic heterocycles. The summed E-state index contributed by atoms with van der Waals surface area (Å²) in [6.45, 7) is 0.137. The average molecular weight is 548 g/mol. The highest BCUT2D eigenvalue weighted by atomic mass is 16.6. The number of ketones is 1. The van der Waals surface area contributed by atoms with Crippen LogP contribution in [0.2, 0.25) is 0 Å². The Kier molecular flexibility index (Phi) is 8.29. The van der Waals surface area contributed by atoms with Crippen LogP contribution in [0.25, 0.3) is 0 Å². The lowest BCUT2D eigenvalue weighted by Crippen LogP contribution is -2.55. The number of carbonyl (C=O) groups is 3. The molecule has 206 valence electrons. The molecule has 0 N–H and O–H groups in total. The molecular formula is C28H25N3O9. The van der Waals surface area contributed by atoms with Crippen LogP contribution in [0.1, 0.15) is 28.8 Å². The highest BCUT2D eigenvalue weighted by Gasteiger charge is 2.56. The van der Waals surface area contributed by atoms with E-state index in [4.69, 9.17) is 9.47 Å².